The fourth-order valence-electron chi connectivity index (χ4n) is 2.31. The lowest BCUT2D eigenvalue weighted by molar-refractivity contribution is -0.118. The van der Waals surface area contributed by atoms with Crippen LogP contribution in [0.25, 0.3) is 0 Å². The summed E-state index contributed by atoms with van der Waals surface area (Å²) in [6, 6.07) is 9.46. The van der Waals surface area contributed by atoms with Crippen molar-refractivity contribution < 1.29 is 27.8 Å². The molecule has 3 rings (SSSR count). The molecule has 0 radical (unpaired) electrons. The second-order valence-corrected chi connectivity index (χ2v) is 5.23. The van der Waals surface area contributed by atoms with E-state index in [2.05, 4.69) is 5.32 Å². The van der Waals surface area contributed by atoms with E-state index in [1.807, 2.05) is 0 Å². The van der Waals surface area contributed by atoms with Crippen molar-refractivity contribution in [3.05, 3.63) is 54.1 Å². The molecule has 1 fully saturated rings. The summed E-state index contributed by atoms with van der Waals surface area (Å²) in [7, 11) is 0. The van der Waals surface area contributed by atoms with Gasteiger partial charge in [-0.05, 0) is 30.3 Å². The summed E-state index contributed by atoms with van der Waals surface area (Å²) in [4.78, 5) is 24.9. The van der Waals surface area contributed by atoms with E-state index in [9.17, 15) is 18.4 Å². The molecule has 2 aromatic carbocycles. The van der Waals surface area contributed by atoms with Gasteiger partial charge in [-0.3, -0.25) is 9.69 Å². The number of rotatable bonds is 5. The minimum Gasteiger partial charge on any atom is -0.481 e. The Hall–Kier alpha value is -3.16. The Balaban J connectivity index is 1.60. The van der Waals surface area contributed by atoms with E-state index in [4.69, 9.17) is 9.47 Å². The van der Waals surface area contributed by atoms with E-state index in [0.29, 0.717) is 30.6 Å². The predicted molar refractivity (Wildman–Crippen MR) is 85.6 cm³/mol. The van der Waals surface area contributed by atoms with Crippen molar-refractivity contribution >= 4 is 23.4 Å². The predicted octanol–water partition coefficient (Wildman–Crippen LogP) is 2.94. The molecule has 25 heavy (non-hydrogen) atoms. The Morgan fingerprint density at radius 1 is 1.24 bits per heavy atom. The minimum atomic E-state index is -0.887. The molecule has 0 spiro atoms. The molecule has 2 aromatic rings. The quantitative estimate of drug-likeness (QED) is 0.902. The van der Waals surface area contributed by atoms with Crippen molar-refractivity contribution in [2.75, 3.05) is 30.0 Å². The maximum absolute atomic E-state index is 13.4. The van der Waals surface area contributed by atoms with Gasteiger partial charge in [0.15, 0.2) is 18.2 Å². The van der Waals surface area contributed by atoms with Crippen molar-refractivity contribution in [1.82, 2.24) is 0 Å². The first-order valence-corrected chi connectivity index (χ1v) is 7.45. The van der Waals surface area contributed by atoms with Crippen molar-refractivity contribution in [2.45, 2.75) is 0 Å². The molecule has 6 nitrogen and oxygen atoms in total. The van der Waals surface area contributed by atoms with Crippen molar-refractivity contribution in [3.63, 3.8) is 0 Å². The van der Waals surface area contributed by atoms with E-state index in [-0.39, 0.29) is 5.75 Å². The monoisotopic (exact) mass is 348 g/mol. The first-order chi connectivity index (χ1) is 12.0. The van der Waals surface area contributed by atoms with Gasteiger partial charge < -0.3 is 14.8 Å². The number of benzene rings is 2. The Morgan fingerprint density at radius 3 is 2.80 bits per heavy atom. The largest absolute Gasteiger partial charge is 0.481 e. The SMILES string of the molecule is O=C(COc1ccc(F)cc1F)Nc1cccc(N2CCOC2=O)c1. The molecule has 2 amide bonds. The van der Waals surface area contributed by atoms with Crippen LogP contribution in [0, 0.1) is 11.6 Å². The smallest absolute Gasteiger partial charge is 0.414 e. The van der Waals surface area contributed by atoms with Crippen LogP contribution in [0.1, 0.15) is 0 Å². The Morgan fingerprint density at radius 2 is 2.08 bits per heavy atom. The molecule has 0 aromatic heterocycles. The van der Waals surface area contributed by atoms with Gasteiger partial charge in [0, 0.05) is 17.4 Å². The Kier molecular flexibility index (Phi) is 4.78. The lowest BCUT2D eigenvalue weighted by Gasteiger charge is -2.14. The first-order valence-electron chi connectivity index (χ1n) is 7.45. The standard InChI is InChI=1S/C17H14F2N2O4/c18-11-4-5-15(14(19)8-11)25-10-16(22)20-12-2-1-3-13(9-12)21-6-7-24-17(21)23/h1-5,8-9H,6-7,10H2,(H,20,22). The number of nitrogens with zero attached hydrogens (tertiary/aromatic N) is 1. The number of ether oxygens (including phenoxy) is 2. The molecule has 1 N–H and O–H groups in total. The van der Waals surface area contributed by atoms with Gasteiger partial charge in [0.2, 0.25) is 0 Å². The Bertz CT molecular complexity index is 813. The van der Waals surface area contributed by atoms with Gasteiger partial charge in [-0.2, -0.15) is 0 Å². The molecule has 8 heteroatoms. The highest BCUT2D eigenvalue weighted by Crippen LogP contribution is 2.22. The topological polar surface area (TPSA) is 67.9 Å². The van der Waals surface area contributed by atoms with Crippen molar-refractivity contribution in [1.29, 1.82) is 0 Å². The number of amides is 2. The highest BCUT2D eigenvalue weighted by molar-refractivity contribution is 5.94. The van der Waals surface area contributed by atoms with Crippen molar-refractivity contribution in [3.8, 4) is 5.75 Å². The van der Waals surface area contributed by atoms with E-state index in [1.165, 1.54) is 4.90 Å². The van der Waals surface area contributed by atoms with Crippen LogP contribution >= 0.6 is 0 Å². The zero-order valence-corrected chi connectivity index (χ0v) is 13.0. The maximum atomic E-state index is 13.4. The normalized spacial score (nSPS) is 13.5. The van der Waals surface area contributed by atoms with Gasteiger partial charge in [0.05, 0.1) is 6.54 Å². The van der Waals surface area contributed by atoms with Crippen molar-refractivity contribution in [2.24, 2.45) is 0 Å². The summed E-state index contributed by atoms with van der Waals surface area (Å²) in [6.07, 6.45) is -0.446. The summed E-state index contributed by atoms with van der Waals surface area (Å²) in [5, 5.41) is 2.58. The van der Waals surface area contributed by atoms with Crippen LogP contribution in [0.5, 0.6) is 5.75 Å². The molecule has 1 aliphatic heterocycles. The van der Waals surface area contributed by atoms with Gasteiger partial charge in [0.1, 0.15) is 12.4 Å². The zero-order chi connectivity index (χ0) is 17.8. The zero-order valence-electron chi connectivity index (χ0n) is 13.0. The third-order valence-electron chi connectivity index (χ3n) is 3.46. The number of halogens is 2. The lowest BCUT2D eigenvalue weighted by atomic mass is 10.2. The molecular weight excluding hydrogens is 334 g/mol. The second kappa shape index (κ2) is 7.16. The minimum absolute atomic E-state index is 0.217. The third kappa shape index (κ3) is 4.03. The molecular formula is C17H14F2N2O4. The van der Waals surface area contributed by atoms with E-state index < -0.39 is 30.2 Å². The van der Waals surface area contributed by atoms with Gasteiger partial charge in [-0.1, -0.05) is 6.07 Å². The van der Waals surface area contributed by atoms with Crippen LogP contribution in [-0.4, -0.2) is 31.8 Å². The number of carbonyl (C=O) groups excluding carboxylic acids is 2. The van der Waals surface area contributed by atoms with Crippen LogP contribution in [0.2, 0.25) is 0 Å². The average molecular weight is 348 g/mol. The Labute approximate surface area is 141 Å². The molecule has 0 unspecified atom stereocenters. The van der Waals surface area contributed by atoms with Crippen LogP contribution in [-0.2, 0) is 9.53 Å². The van der Waals surface area contributed by atoms with Gasteiger partial charge >= 0.3 is 6.09 Å². The van der Waals surface area contributed by atoms with E-state index in [1.54, 1.807) is 24.3 Å². The highest BCUT2D eigenvalue weighted by Gasteiger charge is 2.23. The average Bonchev–Trinajstić information content (AvgIpc) is 3.00. The number of carbonyl (C=O) groups is 2. The van der Waals surface area contributed by atoms with E-state index in [0.717, 1.165) is 12.1 Å². The number of nitrogens with one attached hydrogen (secondary N) is 1. The van der Waals surface area contributed by atoms with E-state index >= 15 is 0 Å². The molecule has 1 heterocycles. The molecule has 0 bridgehead atoms. The summed E-state index contributed by atoms with van der Waals surface area (Å²) in [5.74, 6) is -2.36. The van der Waals surface area contributed by atoms with Gasteiger partial charge in [-0.15, -0.1) is 0 Å². The fraction of sp³-hybridized carbons (Fsp3) is 0.176. The number of anilines is 2. The van der Waals surface area contributed by atoms with Crippen LogP contribution in [0.4, 0.5) is 25.0 Å². The van der Waals surface area contributed by atoms with Crippen LogP contribution < -0.4 is 15.0 Å². The maximum Gasteiger partial charge on any atom is 0.414 e. The highest BCUT2D eigenvalue weighted by atomic mass is 19.1. The third-order valence-corrected chi connectivity index (χ3v) is 3.46. The second-order valence-electron chi connectivity index (χ2n) is 5.23. The van der Waals surface area contributed by atoms with Gasteiger partial charge in [-0.25, -0.2) is 13.6 Å². The first kappa shape index (κ1) is 16.7. The summed E-state index contributed by atoms with van der Waals surface area (Å²) >= 11 is 0. The summed E-state index contributed by atoms with van der Waals surface area (Å²) in [6.45, 7) is 0.300. The molecule has 0 atom stereocenters. The summed E-state index contributed by atoms with van der Waals surface area (Å²) in [5.41, 5.74) is 1.04. The fourth-order valence-corrected chi connectivity index (χ4v) is 2.31. The molecule has 1 aliphatic rings. The molecule has 0 aliphatic carbocycles. The van der Waals surface area contributed by atoms with Gasteiger partial charge in [0.25, 0.3) is 5.91 Å². The number of cyclic esters (lactones) is 1. The number of hydrogen-bond donors (Lipinski definition) is 1. The molecule has 1 saturated heterocycles. The molecule has 130 valence electrons. The molecule has 0 saturated carbocycles. The number of hydrogen-bond acceptors (Lipinski definition) is 4. The summed E-state index contributed by atoms with van der Waals surface area (Å²) < 4.78 is 36.2. The lowest BCUT2D eigenvalue weighted by Crippen LogP contribution is -2.24. The van der Waals surface area contributed by atoms with Crippen LogP contribution in [0.15, 0.2) is 42.5 Å². The van der Waals surface area contributed by atoms with Crippen LogP contribution in [0.3, 0.4) is 0 Å².